The zero-order valence-corrected chi connectivity index (χ0v) is 17.0. The lowest BCUT2D eigenvalue weighted by Gasteiger charge is -2.24. The second-order valence-electron chi connectivity index (χ2n) is 7.38. The van der Waals surface area contributed by atoms with Crippen molar-refractivity contribution in [3.05, 3.63) is 53.6 Å². The Morgan fingerprint density at radius 1 is 1.11 bits per heavy atom. The fraction of sp³-hybridized carbons (Fsp3) is 0.350. The van der Waals surface area contributed by atoms with Crippen LogP contribution in [-0.4, -0.2) is 33.1 Å². The number of carbonyl (C=O) groups is 1. The Balaban J connectivity index is 2.35. The van der Waals surface area contributed by atoms with E-state index >= 15 is 0 Å². The third-order valence-corrected chi connectivity index (χ3v) is 6.18. The first-order chi connectivity index (χ1) is 12.4. The Hall–Kier alpha value is -2.54. The van der Waals surface area contributed by atoms with Crippen molar-refractivity contribution in [2.45, 2.75) is 38.0 Å². The summed E-state index contributed by atoms with van der Waals surface area (Å²) in [4.78, 5) is 10.8. The van der Waals surface area contributed by atoms with Crippen LogP contribution in [-0.2, 0) is 20.2 Å². The summed E-state index contributed by atoms with van der Waals surface area (Å²) in [7, 11) is -2.25. The van der Waals surface area contributed by atoms with E-state index in [0.717, 1.165) is 5.56 Å². The molecule has 7 heteroatoms. The Kier molecular flexibility index (Phi) is 5.85. The van der Waals surface area contributed by atoms with Crippen LogP contribution in [0.25, 0.3) is 0 Å². The van der Waals surface area contributed by atoms with Gasteiger partial charge in [-0.15, -0.1) is 0 Å². The van der Waals surface area contributed by atoms with Gasteiger partial charge in [-0.05, 0) is 53.8 Å². The molecule has 0 radical (unpaired) electrons. The normalized spacial score (nSPS) is 11.9. The number of benzene rings is 2. The number of carboxylic acids is 1. The van der Waals surface area contributed by atoms with E-state index in [0.29, 0.717) is 17.0 Å². The maximum absolute atomic E-state index is 13.1. The van der Waals surface area contributed by atoms with Gasteiger partial charge >= 0.3 is 5.97 Å². The van der Waals surface area contributed by atoms with Gasteiger partial charge in [0.05, 0.1) is 10.6 Å². The molecule has 0 aromatic heterocycles. The maximum Gasteiger partial charge on any atom is 0.341 e. The van der Waals surface area contributed by atoms with Gasteiger partial charge in [0, 0.05) is 7.05 Å². The second kappa shape index (κ2) is 7.60. The lowest BCUT2D eigenvalue weighted by atomic mass is 9.87. The molecule has 0 saturated carbocycles. The molecular weight excluding hydrogens is 366 g/mol. The molecule has 1 N–H and O–H groups in total. The van der Waals surface area contributed by atoms with Gasteiger partial charge in [0.25, 0.3) is 10.0 Å². The molecule has 0 aliphatic rings. The highest BCUT2D eigenvalue weighted by Crippen LogP contribution is 2.30. The lowest BCUT2D eigenvalue weighted by Crippen LogP contribution is -2.27. The van der Waals surface area contributed by atoms with Crippen molar-refractivity contribution in [3.63, 3.8) is 0 Å². The minimum absolute atomic E-state index is 0.167. The zero-order chi connectivity index (χ0) is 20.4. The van der Waals surface area contributed by atoms with Gasteiger partial charge in [-0.2, -0.15) is 0 Å². The number of ether oxygens (including phenoxy) is 1. The molecular formula is C20H25NO5S. The SMILES string of the molecule is Cc1ccc(C(C)(C)C)cc1S(=O)(=O)N(C)c1ccc(OCC(=O)O)cc1. The molecule has 2 aromatic rings. The van der Waals surface area contributed by atoms with Crippen LogP contribution in [0.2, 0.25) is 0 Å². The second-order valence-corrected chi connectivity index (χ2v) is 9.32. The molecule has 0 aliphatic carbocycles. The highest BCUT2D eigenvalue weighted by Gasteiger charge is 2.25. The number of aliphatic carboxylic acids is 1. The summed E-state index contributed by atoms with van der Waals surface area (Å²) in [6.07, 6.45) is 0. The van der Waals surface area contributed by atoms with E-state index in [4.69, 9.17) is 9.84 Å². The Morgan fingerprint density at radius 2 is 1.70 bits per heavy atom. The molecule has 0 aliphatic heterocycles. The number of carboxylic acid groups (broad SMARTS) is 1. The molecule has 0 atom stereocenters. The van der Waals surface area contributed by atoms with Crippen molar-refractivity contribution < 1.29 is 23.1 Å². The first-order valence-corrected chi connectivity index (χ1v) is 9.91. The molecule has 27 heavy (non-hydrogen) atoms. The van der Waals surface area contributed by atoms with Gasteiger partial charge in [-0.25, -0.2) is 13.2 Å². The molecule has 0 spiro atoms. The summed E-state index contributed by atoms with van der Waals surface area (Å²) in [6.45, 7) is 7.43. The number of aryl methyl sites for hydroxylation is 1. The van der Waals surface area contributed by atoms with Crippen LogP contribution in [0.15, 0.2) is 47.4 Å². The van der Waals surface area contributed by atoms with E-state index < -0.39 is 22.6 Å². The van der Waals surface area contributed by atoms with Gasteiger partial charge < -0.3 is 9.84 Å². The third kappa shape index (κ3) is 4.80. The highest BCUT2D eigenvalue weighted by molar-refractivity contribution is 7.92. The molecule has 2 rings (SSSR count). The Morgan fingerprint density at radius 3 is 2.22 bits per heavy atom. The summed E-state index contributed by atoms with van der Waals surface area (Å²) < 4.78 is 32.6. The molecule has 0 bridgehead atoms. The zero-order valence-electron chi connectivity index (χ0n) is 16.2. The summed E-state index contributed by atoms with van der Waals surface area (Å²) >= 11 is 0. The third-order valence-electron chi connectivity index (χ3n) is 4.26. The van der Waals surface area contributed by atoms with Crippen LogP contribution in [0, 0.1) is 6.92 Å². The van der Waals surface area contributed by atoms with Crippen LogP contribution >= 0.6 is 0 Å². The molecule has 2 aromatic carbocycles. The van der Waals surface area contributed by atoms with Crippen molar-refractivity contribution in [1.29, 1.82) is 0 Å². The highest BCUT2D eigenvalue weighted by atomic mass is 32.2. The molecule has 0 fully saturated rings. The molecule has 6 nitrogen and oxygen atoms in total. The first kappa shape index (κ1) is 20.8. The fourth-order valence-corrected chi connectivity index (χ4v) is 3.97. The summed E-state index contributed by atoms with van der Waals surface area (Å²) in [5.41, 5.74) is 1.91. The Bertz CT molecular complexity index is 928. The topological polar surface area (TPSA) is 83.9 Å². The molecule has 146 valence electrons. The van der Waals surface area contributed by atoms with E-state index in [2.05, 4.69) is 0 Å². The van der Waals surface area contributed by atoms with Gasteiger partial charge in [-0.3, -0.25) is 4.31 Å². The van der Waals surface area contributed by atoms with Gasteiger partial charge in [0.15, 0.2) is 6.61 Å². The van der Waals surface area contributed by atoms with Crippen LogP contribution in [0.3, 0.4) is 0 Å². The summed E-state index contributed by atoms with van der Waals surface area (Å²) in [5, 5.41) is 8.64. The van der Waals surface area contributed by atoms with E-state index in [1.165, 1.54) is 11.4 Å². The molecule has 0 amide bonds. The summed E-state index contributed by atoms with van der Waals surface area (Å²) in [5.74, 6) is -0.717. The lowest BCUT2D eigenvalue weighted by molar-refractivity contribution is -0.139. The monoisotopic (exact) mass is 391 g/mol. The predicted octanol–water partition coefficient (Wildman–Crippen LogP) is 3.58. The quantitative estimate of drug-likeness (QED) is 0.814. The average Bonchev–Trinajstić information content (AvgIpc) is 2.59. The van der Waals surface area contributed by atoms with Crippen molar-refractivity contribution in [3.8, 4) is 5.75 Å². The minimum Gasteiger partial charge on any atom is -0.482 e. The predicted molar refractivity (Wildman–Crippen MR) is 105 cm³/mol. The molecule has 0 unspecified atom stereocenters. The van der Waals surface area contributed by atoms with Gasteiger partial charge in [0.1, 0.15) is 5.75 Å². The number of rotatable bonds is 6. The number of anilines is 1. The van der Waals surface area contributed by atoms with Crippen molar-refractivity contribution >= 4 is 21.7 Å². The van der Waals surface area contributed by atoms with Crippen molar-refractivity contribution in [2.24, 2.45) is 0 Å². The van der Waals surface area contributed by atoms with Crippen molar-refractivity contribution in [2.75, 3.05) is 18.0 Å². The number of nitrogens with zero attached hydrogens (tertiary/aromatic N) is 1. The largest absolute Gasteiger partial charge is 0.482 e. The van der Waals surface area contributed by atoms with Crippen molar-refractivity contribution in [1.82, 2.24) is 0 Å². The molecule has 0 saturated heterocycles. The fourth-order valence-electron chi connectivity index (χ4n) is 2.53. The van der Waals surface area contributed by atoms with E-state index in [9.17, 15) is 13.2 Å². The van der Waals surface area contributed by atoms with E-state index in [1.807, 2.05) is 32.9 Å². The Labute approximate surface area is 160 Å². The maximum atomic E-state index is 13.1. The minimum atomic E-state index is -3.75. The number of sulfonamides is 1. The number of hydrogen-bond donors (Lipinski definition) is 1. The van der Waals surface area contributed by atoms with Crippen LogP contribution < -0.4 is 9.04 Å². The van der Waals surface area contributed by atoms with Crippen LogP contribution in [0.4, 0.5) is 5.69 Å². The van der Waals surface area contributed by atoms with E-state index in [1.54, 1.807) is 37.3 Å². The average molecular weight is 391 g/mol. The van der Waals surface area contributed by atoms with Gasteiger partial charge in [-0.1, -0.05) is 32.9 Å². The van der Waals surface area contributed by atoms with Crippen LogP contribution in [0.1, 0.15) is 31.9 Å². The van der Waals surface area contributed by atoms with Gasteiger partial charge in [0.2, 0.25) is 0 Å². The molecule has 0 heterocycles. The summed E-state index contributed by atoms with van der Waals surface area (Å²) in [6, 6.07) is 11.7. The van der Waals surface area contributed by atoms with E-state index in [-0.39, 0.29) is 10.3 Å². The van der Waals surface area contributed by atoms with Crippen LogP contribution in [0.5, 0.6) is 5.75 Å². The number of hydrogen-bond acceptors (Lipinski definition) is 4. The standard InChI is InChI=1S/C20H25NO5S/c1-14-6-7-15(20(2,3)4)12-18(14)27(24,25)21(5)16-8-10-17(11-9-16)26-13-19(22)23/h6-12H,13H2,1-5H3,(H,22,23). The first-order valence-electron chi connectivity index (χ1n) is 8.47. The smallest absolute Gasteiger partial charge is 0.341 e.